The molecular formula is C17H18ClFN2O4S. The van der Waals surface area contributed by atoms with Crippen LogP contribution in [0, 0.1) is 19.7 Å². The van der Waals surface area contributed by atoms with Gasteiger partial charge in [-0.15, -0.1) is 11.8 Å². The van der Waals surface area contributed by atoms with Gasteiger partial charge in [0.2, 0.25) is 0 Å². The van der Waals surface area contributed by atoms with Gasteiger partial charge in [0.1, 0.15) is 11.6 Å². The lowest BCUT2D eigenvalue weighted by Crippen LogP contribution is -2.30. The Balaban J connectivity index is 1.79. The second kappa shape index (κ2) is 9.05. The summed E-state index contributed by atoms with van der Waals surface area (Å²) in [6, 6.07) is 3.59. The fraction of sp³-hybridized carbons (Fsp3) is 0.353. The monoisotopic (exact) mass is 400 g/mol. The SMILES string of the molecule is Cc1noc(C)c1CSCC(=O)O[C@H](C)C(=O)Nc1ccc(F)cc1Cl. The first-order valence-corrected chi connectivity index (χ1v) is 9.26. The Morgan fingerprint density at radius 3 is 2.77 bits per heavy atom. The standard InChI is InChI=1S/C17H18ClFN2O4S/c1-9-13(10(2)25-21-9)7-26-8-16(22)24-11(3)17(23)20-15-5-4-12(19)6-14(15)18/h4-6,11H,7-8H2,1-3H3,(H,20,23)/t11-/m1/s1. The number of aromatic nitrogens is 1. The summed E-state index contributed by atoms with van der Waals surface area (Å²) < 4.78 is 23.2. The number of thioether (sulfide) groups is 1. The van der Waals surface area contributed by atoms with E-state index in [2.05, 4.69) is 10.5 Å². The topological polar surface area (TPSA) is 81.4 Å². The van der Waals surface area contributed by atoms with Gasteiger partial charge in [-0.1, -0.05) is 16.8 Å². The molecule has 1 atom stereocenters. The number of hydrogen-bond acceptors (Lipinski definition) is 6. The number of carbonyl (C=O) groups is 2. The third-order valence-electron chi connectivity index (χ3n) is 3.51. The van der Waals surface area contributed by atoms with E-state index in [4.69, 9.17) is 20.9 Å². The molecule has 1 heterocycles. The van der Waals surface area contributed by atoms with Gasteiger partial charge in [0.25, 0.3) is 5.91 Å². The Labute approximate surface area is 159 Å². The van der Waals surface area contributed by atoms with Crippen molar-refractivity contribution in [2.45, 2.75) is 32.6 Å². The molecule has 2 aromatic rings. The van der Waals surface area contributed by atoms with E-state index in [9.17, 15) is 14.0 Å². The summed E-state index contributed by atoms with van der Waals surface area (Å²) in [4.78, 5) is 23.9. The number of nitrogens with one attached hydrogen (secondary N) is 1. The van der Waals surface area contributed by atoms with Gasteiger partial charge in [0.15, 0.2) is 6.10 Å². The molecule has 0 fully saturated rings. The highest BCUT2D eigenvalue weighted by Gasteiger charge is 2.19. The fourth-order valence-corrected chi connectivity index (χ4v) is 3.22. The number of anilines is 1. The van der Waals surface area contributed by atoms with Crippen molar-refractivity contribution in [2.24, 2.45) is 0 Å². The van der Waals surface area contributed by atoms with E-state index < -0.39 is 23.8 Å². The Bertz CT molecular complexity index is 793. The third-order valence-corrected chi connectivity index (χ3v) is 4.76. The van der Waals surface area contributed by atoms with E-state index >= 15 is 0 Å². The highest BCUT2D eigenvalue weighted by Crippen LogP contribution is 2.23. The quantitative estimate of drug-likeness (QED) is 0.710. The van der Waals surface area contributed by atoms with Gasteiger partial charge in [0, 0.05) is 11.3 Å². The molecule has 1 aromatic heterocycles. The van der Waals surface area contributed by atoms with Crippen LogP contribution >= 0.6 is 23.4 Å². The minimum Gasteiger partial charge on any atom is -0.452 e. The molecule has 0 saturated carbocycles. The molecule has 2 rings (SSSR count). The number of amides is 1. The maximum Gasteiger partial charge on any atom is 0.316 e. The Morgan fingerprint density at radius 1 is 1.42 bits per heavy atom. The van der Waals surface area contributed by atoms with Crippen molar-refractivity contribution in [3.05, 3.63) is 46.1 Å². The Morgan fingerprint density at radius 2 is 2.15 bits per heavy atom. The van der Waals surface area contributed by atoms with Crippen LogP contribution in [0.5, 0.6) is 0 Å². The lowest BCUT2D eigenvalue weighted by Gasteiger charge is -2.14. The Kier molecular flexibility index (Phi) is 7.05. The molecule has 0 unspecified atom stereocenters. The molecule has 0 bridgehead atoms. The predicted octanol–water partition coefficient (Wildman–Crippen LogP) is 3.89. The first-order valence-electron chi connectivity index (χ1n) is 7.72. The number of nitrogens with zero attached hydrogens (tertiary/aromatic N) is 1. The summed E-state index contributed by atoms with van der Waals surface area (Å²) in [7, 11) is 0. The van der Waals surface area contributed by atoms with Gasteiger partial charge in [-0.3, -0.25) is 9.59 Å². The van der Waals surface area contributed by atoms with Gasteiger partial charge in [-0.2, -0.15) is 0 Å². The number of hydrogen-bond donors (Lipinski definition) is 1. The predicted molar refractivity (Wildman–Crippen MR) is 97.7 cm³/mol. The smallest absolute Gasteiger partial charge is 0.316 e. The number of ether oxygens (including phenoxy) is 1. The third kappa shape index (κ3) is 5.47. The van der Waals surface area contributed by atoms with Crippen LogP contribution in [0.2, 0.25) is 5.02 Å². The van der Waals surface area contributed by atoms with Gasteiger partial charge in [-0.25, -0.2) is 4.39 Å². The van der Waals surface area contributed by atoms with Crippen LogP contribution in [-0.2, 0) is 20.1 Å². The lowest BCUT2D eigenvalue weighted by molar-refractivity contribution is -0.150. The summed E-state index contributed by atoms with van der Waals surface area (Å²) in [6.45, 7) is 5.09. The van der Waals surface area contributed by atoms with Crippen molar-refractivity contribution in [1.29, 1.82) is 0 Å². The molecule has 1 aromatic carbocycles. The molecule has 9 heteroatoms. The van der Waals surface area contributed by atoms with Crippen molar-refractivity contribution in [1.82, 2.24) is 5.16 Å². The maximum absolute atomic E-state index is 13.0. The summed E-state index contributed by atoms with van der Waals surface area (Å²) >= 11 is 7.19. The van der Waals surface area contributed by atoms with Crippen LogP contribution in [0.3, 0.4) is 0 Å². The molecular weight excluding hydrogens is 383 g/mol. The molecule has 0 spiro atoms. The molecule has 0 radical (unpaired) electrons. The largest absolute Gasteiger partial charge is 0.452 e. The number of halogens is 2. The number of carbonyl (C=O) groups excluding carboxylic acids is 2. The molecule has 6 nitrogen and oxygen atoms in total. The summed E-state index contributed by atoms with van der Waals surface area (Å²) in [5, 5.41) is 6.40. The normalized spacial score (nSPS) is 11.9. The minimum absolute atomic E-state index is 0.0619. The van der Waals surface area contributed by atoms with E-state index in [-0.39, 0.29) is 16.5 Å². The van der Waals surface area contributed by atoms with Crippen molar-refractivity contribution >= 4 is 40.9 Å². The van der Waals surface area contributed by atoms with E-state index in [1.165, 1.54) is 30.8 Å². The average Bonchev–Trinajstić information content (AvgIpc) is 2.89. The van der Waals surface area contributed by atoms with Crippen LogP contribution < -0.4 is 5.32 Å². The van der Waals surface area contributed by atoms with E-state index in [0.29, 0.717) is 11.5 Å². The van der Waals surface area contributed by atoms with Crippen molar-refractivity contribution in [3.8, 4) is 0 Å². The first-order chi connectivity index (χ1) is 12.3. The zero-order chi connectivity index (χ0) is 19.3. The molecule has 0 aliphatic rings. The lowest BCUT2D eigenvalue weighted by atomic mass is 10.2. The highest BCUT2D eigenvalue weighted by molar-refractivity contribution is 7.99. The first kappa shape index (κ1) is 20.3. The number of benzene rings is 1. The van der Waals surface area contributed by atoms with Gasteiger partial charge < -0.3 is 14.6 Å². The molecule has 1 N–H and O–H groups in total. The van der Waals surface area contributed by atoms with Crippen LogP contribution in [0.4, 0.5) is 10.1 Å². The van der Waals surface area contributed by atoms with E-state index in [1.807, 2.05) is 6.92 Å². The molecule has 1 amide bonds. The van der Waals surface area contributed by atoms with Crippen LogP contribution in [0.25, 0.3) is 0 Å². The minimum atomic E-state index is -1.01. The van der Waals surface area contributed by atoms with Crippen molar-refractivity contribution in [2.75, 3.05) is 11.1 Å². The zero-order valence-electron chi connectivity index (χ0n) is 14.5. The van der Waals surface area contributed by atoms with E-state index in [1.54, 1.807) is 6.92 Å². The van der Waals surface area contributed by atoms with E-state index in [0.717, 1.165) is 17.3 Å². The van der Waals surface area contributed by atoms with Crippen LogP contribution in [0.1, 0.15) is 23.9 Å². The summed E-state index contributed by atoms with van der Waals surface area (Å²) in [6.07, 6.45) is -1.01. The zero-order valence-corrected chi connectivity index (χ0v) is 16.0. The second-order valence-electron chi connectivity index (χ2n) is 5.54. The summed E-state index contributed by atoms with van der Waals surface area (Å²) in [5.74, 6) is -0.228. The maximum atomic E-state index is 13.0. The number of aryl methyl sites for hydroxylation is 2. The van der Waals surface area contributed by atoms with Crippen molar-refractivity contribution in [3.63, 3.8) is 0 Å². The average molecular weight is 401 g/mol. The molecule has 140 valence electrons. The van der Waals surface area contributed by atoms with Gasteiger partial charge in [0.05, 0.1) is 22.2 Å². The summed E-state index contributed by atoms with van der Waals surface area (Å²) in [5.41, 5.74) is 1.97. The van der Waals surface area contributed by atoms with Gasteiger partial charge in [-0.05, 0) is 39.0 Å². The molecule has 0 aliphatic heterocycles. The highest BCUT2D eigenvalue weighted by atomic mass is 35.5. The molecule has 0 aliphatic carbocycles. The molecule has 26 heavy (non-hydrogen) atoms. The van der Waals surface area contributed by atoms with Gasteiger partial charge >= 0.3 is 5.97 Å². The fourth-order valence-electron chi connectivity index (χ4n) is 2.05. The second-order valence-corrected chi connectivity index (χ2v) is 6.93. The number of esters is 1. The van der Waals surface area contributed by atoms with Crippen LogP contribution in [-0.4, -0.2) is 28.9 Å². The van der Waals surface area contributed by atoms with Crippen LogP contribution in [0.15, 0.2) is 22.7 Å². The molecule has 0 saturated heterocycles. The number of rotatable bonds is 7. The van der Waals surface area contributed by atoms with Crippen molar-refractivity contribution < 1.29 is 23.2 Å². The Hall–Kier alpha value is -2.06.